The fourth-order valence-corrected chi connectivity index (χ4v) is 4.66. The molecule has 2 aromatic carbocycles. The van der Waals surface area contributed by atoms with Crippen molar-refractivity contribution in [3.63, 3.8) is 0 Å². The van der Waals surface area contributed by atoms with E-state index in [4.69, 9.17) is 21.1 Å². The monoisotopic (exact) mass is 458 g/mol. The first-order valence-electron chi connectivity index (χ1n) is 11.0. The SMILES string of the molecule is COc1ccc(-c2[nH]c(=O)c3cc(F)cc(C)c3c2OCCCN2CCCCC2)cc1Cl. The number of H-pyrrole nitrogens is 1. The maximum absolute atomic E-state index is 14.1. The Hall–Kier alpha value is -2.57. The average molecular weight is 459 g/mol. The van der Waals surface area contributed by atoms with Gasteiger partial charge in [-0.3, -0.25) is 4.79 Å². The first-order valence-corrected chi connectivity index (χ1v) is 11.4. The minimum absolute atomic E-state index is 0.275. The Kier molecular flexibility index (Phi) is 7.01. The molecule has 0 radical (unpaired) electrons. The maximum atomic E-state index is 14.1. The number of rotatable bonds is 7. The number of aryl methyl sites for hydroxylation is 1. The molecule has 1 aromatic heterocycles. The van der Waals surface area contributed by atoms with Crippen molar-refractivity contribution in [2.75, 3.05) is 33.4 Å². The largest absolute Gasteiger partial charge is 0.495 e. The summed E-state index contributed by atoms with van der Waals surface area (Å²) in [5.74, 6) is 0.634. The molecule has 0 aliphatic carbocycles. The van der Waals surface area contributed by atoms with E-state index in [9.17, 15) is 9.18 Å². The maximum Gasteiger partial charge on any atom is 0.256 e. The summed E-state index contributed by atoms with van der Waals surface area (Å²) in [5, 5.41) is 1.32. The fraction of sp³-hybridized carbons (Fsp3) is 0.400. The van der Waals surface area contributed by atoms with E-state index in [1.54, 1.807) is 26.2 Å². The number of aromatic amines is 1. The number of ether oxygens (including phenoxy) is 2. The molecule has 1 aliphatic rings. The lowest BCUT2D eigenvalue weighted by Crippen LogP contribution is -2.31. The number of nitrogens with one attached hydrogen (secondary N) is 1. The summed E-state index contributed by atoms with van der Waals surface area (Å²) >= 11 is 6.34. The number of benzene rings is 2. The topological polar surface area (TPSA) is 54.6 Å². The lowest BCUT2D eigenvalue weighted by molar-refractivity contribution is 0.205. The molecule has 0 saturated carbocycles. The van der Waals surface area contributed by atoms with Crippen molar-refractivity contribution >= 4 is 22.4 Å². The molecule has 1 N–H and O–H groups in total. The van der Waals surface area contributed by atoms with Gasteiger partial charge in [0.05, 0.1) is 29.8 Å². The number of likely N-dealkylation sites (tertiary alicyclic amines) is 1. The van der Waals surface area contributed by atoms with Gasteiger partial charge in [0.25, 0.3) is 5.56 Å². The Morgan fingerprint density at radius 3 is 2.66 bits per heavy atom. The van der Waals surface area contributed by atoms with Gasteiger partial charge in [0, 0.05) is 17.5 Å². The van der Waals surface area contributed by atoms with Crippen LogP contribution in [-0.4, -0.2) is 43.2 Å². The van der Waals surface area contributed by atoms with Crippen molar-refractivity contribution in [2.45, 2.75) is 32.6 Å². The number of fused-ring (bicyclic) bond motifs is 1. The summed E-state index contributed by atoms with van der Waals surface area (Å²) in [6.07, 6.45) is 4.67. The zero-order chi connectivity index (χ0) is 22.7. The Labute approximate surface area is 192 Å². The molecule has 0 amide bonds. The highest BCUT2D eigenvalue weighted by molar-refractivity contribution is 6.32. The molecule has 4 rings (SSSR count). The highest BCUT2D eigenvalue weighted by Crippen LogP contribution is 2.38. The standard InChI is InChI=1S/C25H28ClFN2O3/c1-16-13-18(27)15-19-22(16)24(32-12-6-11-29-9-4-3-5-10-29)23(28-25(19)30)17-7-8-21(31-2)20(26)14-17/h7-8,13-15H,3-6,9-12H2,1-2H3,(H,28,30). The predicted molar refractivity (Wildman–Crippen MR) is 127 cm³/mol. The molecule has 170 valence electrons. The quantitative estimate of drug-likeness (QED) is 0.471. The van der Waals surface area contributed by atoms with Crippen LogP contribution in [0.25, 0.3) is 22.0 Å². The molecule has 0 spiro atoms. The second-order valence-corrected chi connectivity index (χ2v) is 8.66. The highest BCUT2D eigenvalue weighted by Gasteiger charge is 2.19. The molecule has 0 bridgehead atoms. The van der Waals surface area contributed by atoms with Crippen LogP contribution in [0.4, 0.5) is 4.39 Å². The summed E-state index contributed by atoms with van der Waals surface area (Å²) in [6.45, 7) is 5.52. The Morgan fingerprint density at radius 1 is 1.16 bits per heavy atom. The predicted octanol–water partition coefficient (Wildman–Crippen LogP) is 5.56. The summed E-state index contributed by atoms with van der Waals surface area (Å²) in [5.41, 5.74) is 1.51. The first-order chi connectivity index (χ1) is 15.5. The third kappa shape index (κ3) is 4.76. The summed E-state index contributed by atoms with van der Waals surface area (Å²) in [4.78, 5) is 18.2. The van der Waals surface area contributed by atoms with Crippen LogP contribution in [0.1, 0.15) is 31.2 Å². The van der Waals surface area contributed by atoms with Crippen LogP contribution in [0.15, 0.2) is 35.1 Å². The summed E-state index contributed by atoms with van der Waals surface area (Å²) < 4.78 is 25.6. The van der Waals surface area contributed by atoms with E-state index >= 15 is 0 Å². The number of pyridine rings is 1. The van der Waals surface area contributed by atoms with Crippen molar-refractivity contribution in [3.05, 3.63) is 57.1 Å². The van der Waals surface area contributed by atoms with Gasteiger partial charge in [-0.2, -0.15) is 0 Å². The molecule has 32 heavy (non-hydrogen) atoms. The Balaban J connectivity index is 1.71. The number of hydrogen-bond acceptors (Lipinski definition) is 4. The van der Waals surface area contributed by atoms with E-state index in [-0.39, 0.29) is 10.9 Å². The number of nitrogens with zero attached hydrogens (tertiary/aromatic N) is 1. The van der Waals surface area contributed by atoms with Crippen molar-refractivity contribution in [3.8, 4) is 22.8 Å². The van der Waals surface area contributed by atoms with Crippen molar-refractivity contribution < 1.29 is 13.9 Å². The smallest absolute Gasteiger partial charge is 0.256 e. The van der Waals surface area contributed by atoms with Crippen LogP contribution in [0.2, 0.25) is 5.02 Å². The van der Waals surface area contributed by atoms with Gasteiger partial charge < -0.3 is 19.4 Å². The summed E-state index contributed by atoms with van der Waals surface area (Å²) in [7, 11) is 1.55. The van der Waals surface area contributed by atoms with E-state index in [2.05, 4.69) is 9.88 Å². The van der Waals surface area contributed by atoms with Crippen LogP contribution in [-0.2, 0) is 0 Å². The molecule has 2 heterocycles. The Morgan fingerprint density at radius 2 is 1.94 bits per heavy atom. The molecule has 0 unspecified atom stereocenters. The van der Waals surface area contributed by atoms with Crippen LogP contribution < -0.4 is 15.0 Å². The van der Waals surface area contributed by atoms with Gasteiger partial charge in [0.1, 0.15) is 11.6 Å². The van der Waals surface area contributed by atoms with Gasteiger partial charge in [-0.15, -0.1) is 0 Å². The van der Waals surface area contributed by atoms with Gasteiger partial charge in [-0.05, 0) is 75.2 Å². The van der Waals surface area contributed by atoms with E-state index in [0.717, 1.165) is 26.1 Å². The van der Waals surface area contributed by atoms with Crippen LogP contribution in [0, 0.1) is 12.7 Å². The first kappa shape index (κ1) is 22.6. The number of piperidine rings is 1. The molecule has 3 aromatic rings. The minimum atomic E-state index is -0.447. The number of aromatic nitrogens is 1. The van der Waals surface area contributed by atoms with Gasteiger partial charge >= 0.3 is 0 Å². The van der Waals surface area contributed by atoms with E-state index in [1.807, 2.05) is 6.07 Å². The van der Waals surface area contributed by atoms with Gasteiger partial charge in [0.2, 0.25) is 0 Å². The van der Waals surface area contributed by atoms with E-state index in [0.29, 0.717) is 45.3 Å². The number of methoxy groups -OCH3 is 1. The molecule has 1 saturated heterocycles. The molecule has 1 fully saturated rings. The van der Waals surface area contributed by atoms with E-state index in [1.165, 1.54) is 31.4 Å². The minimum Gasteiger partial charge on any atom is -0.495 e. The molecule has 0 atom stereocenters. The second-order valence-electron chi connectivity index (χ2n) is 8.26. The molecule has 7 heteroatoms. The fourth-order valence-electron chi connectivity index (χ4n) is 4.40. The molecular weight excluding hydrogens is 431 g/mol. The highest BCUT2D eigenvalue weighted by atomic mass is 35.5. The molecular formula is C25H28ClFN2O3. The average Bonchev–Trinajstić information content (AvgIpc) is 2.78. The lowest BCUT2D eigenvalue weighted by Gasteiger charge is -2.26. The summed E-state index contributed by atoms with van der Waals surface area (Å²) in [6, 6.07) is 7.98. The third-order valence-electron chi connectivity index (χ3n) is 5.99. The zero-order valence-electron chi connectivity index (χ0n) is 18.5. The lowest BCUT2D eigenvalue weighted by atomic mass is 10.0. The van der Waals surface area contributed by atoms with Gasteiger partial charge in [-0.25, -0.2) is 4.39 Å². The second kappa shape index (κ2) is 9.92. The van der Waals surface area contributed by atoms with Gasteiger partial charge in [-0.1, -0.05) is 18.0 Å². The van der Waals surface area contributed by atoms with Crippen molar-refractivity contribution in [1.82, 2.24) is 9.88 Å². The van der Waals surface area contributed by atoms with Crippen LogP contribution >= 0.6 is 11.6 Å². The molecule has 5 nitrogen and oxygen atoms in total. The Bertz CT molecular complexity index is 1170. The molecule has 1 aliphatic heterocycles. The number of halogens is 2. The van der Waals surface area contributed by atoms with Crippen molar-refractivity contribution in [1.29, 1.82) is 0 Å². The third-order valence-corrected chi connectivity index (χ3v) is 6.29. The van der Waals surface area contributed by atoms with Gasteiger partial charge in [0.15, 0.2) is 5.75 Å². The van der Waals surface area contributed by atoms with E-state index < -0.39 is 5.82 Å². The zero-order valence-corrected chi connectivity index (χ0v) is 19.2. The van der Waals surface area contributed by atoms with Crippen molar-refractivity contribution in [2.24, 2.45) is 0 Å². The number of hydrogen-bond donors (Lipinski definition) is 1. The van der Waals surface area contributed by atoms with Crippen LogP contribution in [0.3, 0.4) is 0 Å². The normalized spacial score (nSPS) is 14.6. The van der Waals surface area contributed by atoms with Crippen LogP contribution in [0.5, 0.6) is 11.5 Å².